The van der Waals surface area contributed by atoms with E-state index in [9.17, 15) is 4.39 Å². The first kappa shape index (κ1) is 11.6. The Morgan fingerprint density at radius 1 is 1.47 bits per heavy atom. The Morgan fingerprint density at radius 3 is 2.88 bits per heavy atom. The first-order valence-electron chi connectivity index (χ1n) is 5.28. The van der Waals surface area contributed by atoms with Gasteiger partial charge in [-0.25, -0.2) is 4.39 Å². The average molecular weight is 235 g/mol. The SMILES string of the molecule is Cn1cc(COc2ccc(CN)c(F)c2)cn1. The number of nitrogens with zero attached hydrogens (tertiary/aromatic N) is 2. The van der Waals surface area contributed by atoms with Crippen molar-refractivity contribution < 1.29 is 9.13 Å². The molecule has 0 aliphatic heterocycles. The summed E-state index contributed by atoms with van der Waals surface area (Å²) >= 11 is 0. The number of ether oxygens (including phenoxy) is 1. The molecule has 5 heteroatoms. The summed E-state index contributed by atoms with van der Waals surface area (Å²) in [6.07, 6.45) is 3.56. The Kier molecular flexibility index (Phi) is 3.39. The van der Waals surface area contributed by atoms with E-state index in [-0.39, 0.29) is 12.4 Å². The van der Waals surface area contributed by atoms with Gasteiger partial charge in [0.15, 0.2) is 0 Å². The van der Waals surface area contributed by atoms with Gasteiger partial charge in [-0.05, 0) is 6.07 Å². The molecule has 0 radical (unpaired) electrons. The van der Waals surface area contributed by atoms with Crippen LogP contribution >= 0.6 is 0 Å². The van der Waals surface area contributed by atoms with Crippen LogP contribution in [0, 0.1) is 5.82 Å². The average Bonchev–Trinajstić information content (AvgIpc) is 2.73. The molecule has 0 spiro atoms. The van der Waals surface area contributed by atoms with Crippen LogP contribution in [0.25, 0.3) is 0 Å². The number of halogens is 1. The van der Waals surface area contributed by atoms with Crippen molar-refractivity contribution in [1.82, 2.24) is 9.78 Å². The lowest BCUT2D eigenvalue weighted by atomic mass is 10.2. The predicted molar refractivity (Wildman–Crippen MR) is 61.8 cm³/mol. The molecular weight excluding hydrogens is 221 g/mol. The molecule has 17 heavy (non-hydrogen) atoms. The fourth-order valence-electron chi connectivity index (χ4n) is 1.50. The zero-order chi connectivity index (χ0) is 12.3. The van der Waals surface area contributed by atoms with Gasteiger partial charge in [0, 0.05) is 37.0 Å². The Morgan fingerprint density at radius 2 is 2.29 bits per heavy atom. The summed E-state index contributed by atoms with van der Waals surface area (Å²) in [6, 6.07) is 4.69. The largest absolute Gasteiger partial charge is 0.489 e. The summed E-state index contributed by atoms with van der Waals surface area (Å²) in [7, 11) is 1.83. The van der Waals surface area contributed by atoms with E-state index < -0.39 is 0 Å². The molecule has 0 unspecified atom stereocenters. The topological polar surface area (TPSA) is 53.1 Å². The van der Waals surface area contributed by atoms with Crippen LogP contribution in [0.4, 0.5) is 4.39 Å². The van der Waals surface area contributed by atoms with Crippen LogP contribution in [0.2, 0.25) is 0 Å². The number of benzene rings is 1. The summed E-state index contributed by atoms with van der Waals surface area (Å²) in [5.74, 6) is 0.153. The Labute approximate surface area is 98.8 Å². The maximum atomic E-state index is 13.4. The maximum Gasteiger partial charge on any atom is 0.131 e. The van der Waals surface area contributed by atoms with Gasteiger partial charge in [0.2, 0.25) is 0 Å². The lowest BCUT2D eigenvalue weighted by Crippen LogP contribution is -2.01. The van der Waals surface area contributed by atoms with E-state index in [1.165, 1.54) is 6.07 Å². The van der Waals surface area contributed by atoms with Crippen LogP contribution in [0.3, 0.4) is 0 Å². The van der Waals surface area contributed by atoms with E-state index >= 15 is 0 Å². The van der Waals surface area contributed by atoms with Crippen molar-refractivity contribution in [3.05, 3.63) is 47.5 Å². The molecule has 0 saturated carbocycles. The maximum absolute atomic E-state index is 13.4. The van der Waals surface area contributed by atoms with Crippen LogP contribution in [0.1, 0.15) is 11.1 Å². The number of hydrogen-bond acceptors (Lipinski definition) is 3. The van der Waals surface area contributed by atoms with E-state index in [2.05, 4.69) is 5.10 Å². The molecule has 1 heterocycles. The molecule has 1 aromatic heterocycles. The molecule has 4 nitrogen and oxygen atoms in total. The number of nitrogens with two attached hydrogens (primary N) is 1. The molecule has 1 aromatic carbocycles. The molecule has 0 aliphatic carbocycles. The molecule has 0 bridgehead atoms. The molecule has 0 amide bonds. The van der Waals surface area contributed by atoms with Crippen molar-refractivity contribution >= 4 is 0 Å². The summed E-state index contributed by atoms with van der Waals surface area (Å²) in [4.78, 5) is 0. The zero-order valence-corrected chi connectivity index (χ0v) is 9.56. The molecule has 0 aliphatic rings. The molecular formula is C12H14FN3O. The third-order valence-electron chi connectivity index (χ3n) is 2.41. The van der Waals surface area contributed by atoms with Crippen molar-refractivity contribution in [3.8, 4) is 5.75 Å². The first-order valence-corrected chi connectivity index (χ1v) is 5.28. The van der Waals surface area contributed by atoms with Gasteiger partial charge >= 0.3 is 0 Å². The minimum absolute atomic E-state index is 0.189. The smallest absolute Gasteiger partial charge is 0.131 e. The van der Waals surface area contributed by atoms with Crippen molar-refractivity contribution in [2.75, 3.05) is 0 Å². The lowest BCUT2D eigenvalue weighted by molar-refractivity contribution is 0.304. The fourth-order valence-corrected chi connectivity index (χ4v) is 1.50. The van der Waals surface area contributed by atoms with Crippen molar-refractivity contribution in [2.45, 2.75) is 13.2 Å². The fraction of sp³-hybridized carbons (Fsp3) is 0.250. The van der Waals surface area contributed by atoms with Gasteiger partial charge in [-0.2, -0.15) is 5.10 Å². The molecule has 90 valence electrons. The zero-order valence-electron chi connectivity index (χ0n) is 9.56. The molecule has 0 saturated heterocycles. The van der Waals surface area contributed by atoms with Crippen LogP contribution in [0.5, 0.6) is 5.75 Å². The first-order chi connectivity index (χ1) is 8.19. The van der Waals surface area contributed by atoms with Crippen LogP contribution in [-0.2, 0) is 20.2 Å². The highest BCUT2D eigenvalue weighted by Gasteiger charge is 2.03. The van der Waals surface area contributed by atoms with Gasteiger partial charge in [0.25, 0.3) is 0 Å². The Hall–Kier alpha value is -1.88. The quantitative estimate of drug-likeness (QED) is 0.875. The lowest BCUT2D eigenvalue weighted by Gasteiger charge is -2.06. The third-order valence-corrected chi connectivity index (χ3v) is 2.41. The highest BCUT2D eigenvalue weighted by molar-refractivity contribution is 5.29. The van der Waals surface area contributed by atoms with Gasteiger partial charge in [-0.1, -0.05) is 6.07 Å². The van der Waals surface area contributed by atoms with Crippen LogP contribution in [0.15, 0.2) is 30.6 Å². The molecule has 2 rings (SSSR count). The Balaban J connectivity index is 2.02. The van der Waals surface area contributed by atoms with Gasteiger partial charge in [-0.3, -0.25) is 4.68 Å². The number of aromatic nitrogens is 2. The second-order valence-corrected chi connectivity index (χ2v) is 3.77. The third kappa shape index (κ3) is 2.82. The molecule has 2 N–H and O–H groups in total. The summed E-state index contributed by atoms with van der Waals surface area (Å²) < 4.78 is 20.5. The van der Waals surface area contributed by atoms with Gasteiger partial charge < -0.3 is 10.5 Å². The summed E-state index contributed by atoms with van der Waals surface area (Å²) in [5, 5.41) is 4.02. The number of hydrogen-bond donors (Lipinski definition) is 1. The van der Waals surface area contributed by atoms with E-state index in [1.54, 1.807) is 23.0 Å². The monoisotopic (exact) mass is 235 g/mol. The van der Waals surface area contributed by atoms with Gasteiger partial charge in [0.05, 0.1) is 6.20 Å². The van der Waals surface area contributed by atoms with Gasteiger partial charge in [-0.15, -0.1) is 0 Å². The highest BCUT2D eigenvalue weighted by atomic mass is 19.1. The molecule has 0 atom stereocenters. The summed E-state index contributed by atoms with van der Waals surface area (Å²) in [6.45, 7) is 0.559. The van der Waals surface area contributed by atoms with Crippen molar-refractivity contribution in [3.63, 3.8) is 0 Å². The second-order valence-electron chi connectivity index (χ2n) is 3.77. The van der Waals surface area contributed by atoms with E-state index in [0.717, 1.165) is 5.56 Å². The van der Waals surface area contributed by atoms with Crippen LogP contribution in [-0.4, -0.2) is 9.78 Å². The minimum Gasteiger partial charge on any atom is -0.489 e. The summed E-state index contributed by atoms with van der Waals surface area (Å²) in [5.41, 5.74) is 6.80. The van der Waals surface area contributed by atoms with Crippen LogP contribution < -0.4 is 10.5 Å². The van der Waals surface area contributed by atoms with E-state index in [0.29, 0.717) is 17.9 Å². The van der Waals surface area contributed by atoms with E-state index in [4.69, 9.17) is 10.5 Å². The van der Waals surface area contributed by atoms with E-state index in [1.807, 2.05) is 13.2 Å². The van der Waals surface area contributed by atoms with Crippen molar-refractivity contribution in [1.29, 1.82) is 0 Å². The highest BCUT2D eigenvalue weighted by Crippen LogP contribution is 2.17. The second kappa shape index (κ2) is 4.97. The van der Waals surface area contributed by atoms with Crippen molar-refractivity contribution in [2.24, 2.45) is 12.8 Å². The molecule has 0 fully saturated rings. The molecule has 2 aromatic rings. The predicted octanol–water partition coefficient (Wildman–Crippen LogP) is 1.60. The van der Waals surface area contributed by atoms with Gasteiger partial charge in [0.1, 0.15) is 18.2 Å². The Bertz CT molecular complexity index is 510. The normalized spacial score (nSPS) is 10.5. The standard InChI is InChI=1S/C12H14FN3O/c1-16-7-9(6-15-16)8-17-11-3-2-10(5-14)12(13)4-11/h2-4,6-7H,5,8,14H2,1H3. The number of rotatable bonds is 4. The minimum atomic E-state index is -0.337. The number of aryl methyl sites for hydroxylation is 1.